The van der Waals surface area contributed by atoms with Crippen LogP contribution < -0.4 is 10.6 Å². The van der Waals surface area contributed by atoms with Gasteiger partial charge in [0.2, 0.25) is 11.8 Å². The Balaban J connectivity index is 0.00000172. The molecule has 4 N–H and O–H groups in total. The molecule has 0 spiro atoms. The largest absolute Gasteiger partial charge is 0.481 e. The van der Waals surface area contributed by atoms with E-state index in [9.17, 15) is 57.5 Å². The highest BCUT2D eigenvalue weighted by Gasteiger charge is 2.34. The van der Waals surface area contributed by atoms with Crippen molar-refractivity contribution < 1.29 is 101 Å². The summed E-state index contributed by atoms with van der Waals surface area (Å²) in [5.74, 6) is -7.48. The van der Waals surface area contributed by atoms with E-state index in [4.69, 9.17) is 43.4 Å². The Labute approximate surface area is 498 Å². The van der Waals surface area contributed by atoms with Crippen molar-refractivity contribution in [2.75, 3.05) is 26.2 Å². The molecular weight excluding hydrogens is 1110 g/mol. The smallest absolute Gasteiger partial charge is 0.408 e. The topological polar surface area (TPSA) is 340 Å². The van der Waals surface area contributed by atoms with Gasteiger partial charge in [-0.1, -0.05) is 60.7 Å². The number of carbonyl (C=O) groups excluding carboxylic acids is 10. The van der Waals surface area contributed by atoms with Gasteiger partial charge in [0, 0.05) is 25.7 Å². The van der Waals surface area contributed by atoms with Gasteiger partial charge in [0.15, 0.2) is 0 Å². The normalized spacial score (nSPS) is 12.0. The maximum Gasteiger partial charge on any atom is 0.408 e. The average molecular weight is 1200 g/mol. The standard InChI is InChI=1S/C37H57N3O12.C13H15NO6.C10H18O3/c1-34(2,3)49-28(42)20-39(21-29(43)50-35(4,5)6)27(41)19-18-26(38-33(47)48-24-25-16-14-13-15-17-25)32(46)40(22-30(44)51-36(7,8)9)23-31(45)52-37(10,11)12;15-11(16)7-6-10(12(17)18)14-13(19)20-8-9-4-2-1-3-5-9;1-8(11)6-5-7-9(12)13-10(2,3)4/h13-17,26H,18-24H2,1-12H3,(H,38,47);1-5,10H,6-8H2,(H,14,19)(H,15,16)(H,17,18);5-7H2,1-4H3. The lowest BCUT2D eigenvalue weighted by Crippen LogP contribution is -2.52. The van der Waals surface area contributed by atoms with Crippen LogP contribution in [0.15, 0.2) is 60.7 Å². The van der Waals surface area contributed by atoms with Crippen LogP contribution >= 0.6 is 0 Å². The third-order valence-electron chi connectivity index (χ3n) is 9.85. The van der Waals surface area contributed by atoms with E-state index in [1.807, 2.05) is 26.8 Å². The fourth-order valence-corrected chi connectivity index (χ4v) is 6.68. The zero-order valence-electron chi connectivity index (χ0n) is 52.2. The minimum atomic E-state index is -1.53. The number of Topliss-reactive ketones (excluding diaryl/α,β-unsaturated/α-hetero) is 1. The summed E-state index contributed by atoms with van der Waals surface area (Å²) in [6.07, 6.45) is -1.97. The molecule has 0 saturated heterocycles. The van der Waals surface area contributed by atoms with Crippen LogP contribution in [0.5, 0.6) is 0 Å². The van der Waals surface area contributed by atoms with Gasteiger partial charge in [-0.15, -0.1) is 0 Å². The molecule has 2 unspecified atom stereocenters. The Morgan fingerprint density at radius 1 is 0.435 bits per heavy atom. The Morgan fingerprint density at radius 2 is 0.765 bits per heavy atom. The molecule has 0 heterocycles. The fraction of sp³-hybridized carbons (Fsp3) is 0.600. The number of aliphatic carboxylic acids is 2. The molecule has 4 amide bonds. The number of ketones is 1. The summed E-state index contributed by atoms with van der Waals surface area (Å²) in [5, 5.41) is 21.9. The molecule has 2 aromatic carbocycles. The summed E-state index contributed by atoms with van der Waals surface area (Å²) in [5.41, 5.74) is -2.61. The van der Waals surface area contributed by atoms with Crippen LogP contribution in [0.2, 0.25) is 0 Å². The molecule has 0 aliphatic carbocycles. The number of hydrogen-bond acceptors (Lipinski definition) is 19. The molecule has 0 fully saturated rings. The SMILES string of the molecule is CC(=O)CCCC(=O)OC(C)(C)C.CC(C)(C)OC(=O)CN(CC(=O)OC(C)(C)C)C(=O)CCC(NC(=O)OCc1ccccc1)C(=O)N(CC(=O)OC(C)(C)C)CC(=O)OC(C)(C)C.O=C(O)CCC(NC(=O)OCc1ccccc1)C(=O)O. The van der Waals surface area contributed by atoms with Gasteiger partial charge in [-0.2, -0.15) is 0 Å². The molecule has 25 heteroatoms. The van der Waals surface area contributed by atoms with Crippen molar-refractivity contribution in [2.24, 2.45) is 0 Å². The third kappa shape index (κ3) is 42.4. The first-order valence-corrected chi connectivity index (χ1v) is 27.5. The number of amides is 4. The minimum Gasteiger partial charge on any atom is -0.481 e. The average Bonchev–Trinajstić information content (AvgIpc) is 3.36. The summed E-state index contributed by atoms with van der Waals surface area (Å²) in [6.45, 7) is 23.9. The van der Waals surface area contributed by atoms with E-state index >= 15 is 0 Å². The molecule has 0 radical (unpaired) electrons. The molecule has 0 bridgehead atoms. The van der Waals surface area contributed by atoms with Crippen LogP contribution in [0, 0.1) is 0 Å². The number of rotatable bonds is 26. The molecule has 0 aliphatic rings. The summed E-state index contributed by atoms with van der Waals surface area (Å²) in [7, 11) is 0. The van der Waals surface area contributed by atoms with Gasteiger partial charge >= 0.3 is 54.0 Å². The zero-order valence-corrected chi connectivity index (χ0v) is 52.2. The van der Waals surface area contributed by atoms with E-state index in [2.05, 4.69) is 10.6 Å². The van der Waals surface area contributed by atoms with Crippen molar-refractivity contribution >= 4 is 71.6 Å². The van der Waals surface area contributed by atoms with Crippen LogP contribution in [-0.4, -0.2) is 158 Å². The quantitative estimate of drug-likeness (QED) is 0.0526. The van der Waals surface area contributed by atoms with Crippen molar-refractivity contribution in [2.45, 2.75) is 209 Å². The number of carbonyl (C=O) groups is 12. The van der Waals surface area contributed by atoms with Gasteiger partial charge in [-0.3, -0.25) is 38.4 Å². The number of nitrogens with one attached hydrogen (secondary N) is 2. The zero-order chi connectivity index (χ0) is 65.5. The molecule has 0 aliphatic heterocycles. The van der Waals surface area contributed by atoms with Gasteiger partial charge in [-0.05, 0) is 141 Å². The van der Waals surface area contributed by atoms with Gasteiger partial charge < -0.3 is 68.6 Å². The Morgan fingerprint density at radius 3 is 1.09 bits per heavy atom. The van der Waals surface area contributed by atoms with Crippen molar-refractivity contribution in [3.05, 3.63) is 71.8 Å². The monoisotopic (exact) mass is 1200 g/mol. The van der Waals surface area contributed by atoms with E-state index in [0.717, 1.165) is 15.4 Å². The molecule has 0 aromatic heterocycles. The predicted octanol–water partition coefficient (Wildman–Crippen LogP) is 7.40. The molecule has 2 rings (SSSR count). The fourth-order valence-electron chi connectivity index (χ4n) is 6.68. The predicted molar refractivity (Wildman–Crippen MR) is 308 cm³/mol. The second kappa shape index (κ2) is 36.6. The summed E-state index contributed by atoms with van der Waals surface area (Å²) in [4.78, 5) is 148. The summed E-state index contributed by atoms with van der Waals surface area (Å²) < 4.78 is 36.7. The van der Waals surface area contributed by atoms with E-state index in [1.54, 1.807) is 138 Å². The van der Waals surface area contributed by atoms with E-state index in [1.165, 1.54) is 6.92 Å². The maximum absolute atomic E-state index is 14.1. The van der Waals surface area contributed by atoms with Gasteiger partial charge in [0.05, 0.1) is 0 Å². The van der Waals surface area contributed by atoms with E-state index < -0.39 is 139 Å². The highest BCUT2D eigenvalue weighted by Crippen LogP contribution is 2.16. The Bertz CT molecular complexity index is 2460. The van der Waals surface area contributed by atoms with Gasteiger partial charge in [0.25, 0.3) is 0 Å². The number of alkyl carbamates (subject to hydrolysis) is 2. The number of nitrogens with zero attached hydrogens (tertiary/aromatic N) is 2. The number of esters is 5. The van der Waals surface area contributed by atoms with Crippen molar-refractivity contribution in [1.29, 1.82) is 0 Å². The minimum absolute atomic E-state index is 0.0118. The first kappa shape index (κ1) is 76.9. The van der Waals surface area contributed by atoms with Gasteiger partial charge in [0.1, 0.15) is 85.3 Å². The first-order valence-electron chi connectivity index (χ1n) is 27.5. The van der Waals surface area contributed by atoms with Crippen LogP contribution in [0.25, 0.3) is 0 Å². The second-order valence-electron chi connectivity index (χ2n) is 24.3. The number of carboxylic acids is 2. The molecule has 85 heavy (non-hydrogen) atoms. The van der Waals surface area contributed by atoms with Crippen LogP contribution in [0.1, 0.15) is 167 Å². The molecule has 2 aromatic rings. The van der Waals surface area contributed by atoms with Crippen LogP contribution in [0.4, 0.5) is 9.59 Å². The van der Waals surface area contributed by atoms with E-state index in [0.29, 0.717) is 24.8 Å². The van der Waals surface area contributed by atoms with Crippen LogP contribution in [-0.2, 0) is 94.3 Å². The molecule has 2 atom stereocenters. The summed E-state index contributed by atoms with van der Waals surface area (Å²) >= 11 is 0. The lowest BCUT2D eigenvalue weighted by atomic mass is 10.1. The first-order chi connectivity index (χ1) is 38.9. The number of hydrogen-bond donors (Lipinski definition) is 4. The Kier molecular flexibility index (Phi) is 33.1. The Hall–Kier alpha value is -8.12. The van der Waals surface area contributed by atoms with Gasteiger partial charge in [-0.25, -0.2) is 14.4 Å². The van der Waals surface area contributed by atoms with Crippen molar-refractivity contribution in [1.82, 2.24) is 20.4 Å². The number of ether oxygens (including phenoxy) is 7. The molecule has 476 valence electrons. The molecule has 25 nitrogen and oxygen atoms in total. The lowest BCUT2D eigenvalue weighted by molar-refractivity contribution is -0.164. The highest BCUT2D eigenvalue weighted by molar-refractivity contribution is 5.92. The lowest BCUT2D eigenvalue weighted by Gasteiger charge is -2.30. The van der Waals surface area contributed by atoms with Crippen molar-refractivity contribution in [3.63, 3.8) is 0 Å². The third-order valence-corrected chi connectivity index (χ3v) is 9.85. The van der Waals surface area contributed by atoms with E-state index in [-0.39, 0.29) is 37.8 Å². The molecule has 0 saturated carbocycles. The summed E-state index contributed by atoms with van der Waals surface area (Å²) in [6, 6.07) is 14.8. The van der Waals surface area contributed by atoms with Crippen LogP contribution in [0.3, 0.4) is 0 Å². The number of benzene rings is 2. The highest BCUT2D eigenvalue weighted by atomic mass is 16.6. The van der Waals surface area contributed by atoms with Crippen molar-refractivity contribution in [3.8, 4) is 0 Å². The number of carboxylic acid groups (broad SMARTS) is 2. The second-order valence-corrected chi connectivity index (χ2v) is 24.3. The molecular formula is C60H90N4O21. The maximum atomic E-state index is 14.1.